The number of nitrogens with zero attached hydrogens (tertiary/aromatic N) is 2. The molecule has 1 heterocycles. The fraction of sp³-hybridized carbons (Fsp3) is 0.250. The van der Waals surface area contributed by atoms with Crippen molar-refractivity contribution in [1.29, 1.82) is 0 Å². The third kappa shape index (κ3) is 3.15. The maximum atomic E-state index is 11.3. The van der Waals surface area contributed by atoms with Crippen molar-refractivity contribution in [3.05, 3.63) is 35.2 Å². The Hall–Kier alpha value is -1.72. The Bertz CT molecular complexity index is 537. The Morgan fingerprint density at radius 2 is 2.11 bits per heavy atom. The third-order valence-corrected chi connectivity index (χ3v) is 2.48. The minimum atomic E-state index is -0.108. The lowest BCUT2D eigenvalue weighted by Gasteiger charge is -1.94. The first-order valence-electron chi connectivity index (χ1n) is 5.28. The molecule has 0 radical (unpaired) electrons. The van der Waals surface area contributed by atoms with Gasteiger partial charge < -0.3 is 9.26 Å². The van der Waals surface area contributed by atoms with E-state index in [0.717, 1.165) is 5.56 Å². The summed E-state index contributed by atoms with van der Waals surface area (Å²) >= 11 is 5.79. The van der Waals surface area contributed by atoms with Gasteiger partial charge in [-0.2, -0.15) is 4.98 Å². The smallest absolute Gasteiger partial charge is 0.234 e. The monoisotopic (exact) mass is 266 g/mol. The molecule has 0 spiro atoms. The second-order valence-corrected chi connectivity index (χ2v) is 4.10. The molecule has 0 aliphatic rings. The first-order chi connectivity index (χ1) is 8.69. The highest BCUT2D eigenvalue weighted by Crippen LogP contribution is 2.18. The van der Waals surface area contributed by atoms with E-state index in [4.69, 9.17) is 20.9 Å². The van der Waals surface area contributed by atoms with Gasteiger partial charge in [0.25, 0.3) is 0 Å². The number of methoxy groups -OCH3 is 1. The Morgan fingerprint density at radius 1 is 1.39 bits per heavy atom. The molecule has 18 heavy (non-hydrogen) atoms. The van der Waals surface area contributed by atoms with Crippen LogP contribution in [0.5, 0.6) is 0 Å². The van der Waals surface area contributed by atoms with Gasteiger partial charge in [0.05, 0.1) is 6.42 Å². The minimum absolute atomic E-state index is 0.0403. The molecule has 6 heteroatoms. The lowest BCUT2D eigenvalue weighted by atomic mass is 10.2. The van der Waals surface area contributed by atoms with Crippen LogP contribution in [0.2, 0.25) is 5.02 Å². The van der Waals surface area contributed by atoms with E-state index in [9.17, 15) is 4.79 Å². The number of carbonyl (C=O) groups excluding carboxylic acids is 1. The van der Waals surface area contributed by atoms with Crippen LogP contribution in [0.25, 0.3) is 11.4 Å². The number of benzene rings is 1. The first kappa shape index (κ1) is 12.7. The predicted molar refractivity (Wildman–Crippen MR) is 65.3 cm³/mol. The topological polar surface area (TPSA) is 65.2 Å². The van der Waals surface area contributed by atoms with Gasteiger partial charge in [0, 0.05) is 17.7 Å². The van der Waals surface area contributed by atoms with Gasteiger partial charge in [0.2, 0.25) is 11.7 Å². The van der Waals surface area contributed by atoms with Gasteiger partial charge >= 0.3 is 0 Å². The van der Waals surface area contributed by atoms with E-state index < -0.39 is 0 Å². The van der Waals surface area contributed by atoms with E-state index in [1.165, 1.54) is 7.11 Å². The predicted octanol–water partition coefficient (Wildman–Crippen LogP) is 2.15. The number of rotatable bonds is 5. The van der Waals surface area contributed by atoms with Crippen molar-refractivity contribution < 1.29 is 14.1 Å². The summed E-state index contributed by atoms with van der Waals surface area (Å²) in [7, 11) is 1.46. The van der Waals surface area contributed by atoms with Crippen molar-refractivity contribution in [2.45, 2.75) is 6.42 Å². The van der Waals surface area contributed by atoms with E-state index in [1.807, 2.05) is 0 Å². The molecule has 0 saturated heterocycles. The Morgan fingerprint density at radius 3 is 2.78 bits per heavy atom. The maximum Gasteiger partial charge on any atom is 0.234 e. The lowest BCUT2D eigenvalue weighted by Crippen LogP contribution is -2.09. The molecular formula is C12H11ClN2O3. The van der Waals surface area contributed by atoms with Gasteiger partial charge in [0.1, 0.15) is 6.61 Å². The molecule has 0 bridgehead atoms. The van der Waals surface area contributed by atoms with Crippen LogP contribution < -0.4 is 0 Å². The zero-order valence-corrected chi connectivity index (χ0v) is 10.5. The summed E-state index contributed by atoms with van der Waals surface area (Å²) in [5.41, 5.74) is 0.786. The molecule has 1 aromatic carbocycles. The highest BCUT2D eigenvalue weighted by Gasteiger charge is 2.12. The van der Waals surface area contributed by atoms with E-state index in [0.29, 0.717) is 10.8 Å². The molecule has 0 aliphatic carbocycles. The molecule has 5 nitrogen and oxygen atoms in total. The number of halogens is 1. The Balaban J connectivity index is 2.10. The summed E-state index contributed by atoms with van der Waals surface area (Å²) in [6, 6.07) is 7.05. The van der Waals surface area contributed by atoms with Crippen molar-refractivity contribution >= 4 is 17.4 Å². The second kappa shape index (κ2) is 5.75. The number of hydrogen-bond donors (Lipinski definition) is 0. The molecule has 94 valence electrons. The lowest BCUT2D eigenvalue weighted by molar-refractivity contribution is -0.122. The Labute approximate surface area is 109 Å². The van der Waals surface area contributed by atoms with Crippen molar-refractivity contribution in [3.8, 4) is 11.4 Å². The maximum absolute atomic E-state index is 11.3. The average Bonchev–Trinajstić information content (AvgIpc) is 2.78. The number of carbonyl (C=O) groups is 1. The van der Waals surface area contributed by atoms with Crippen LogP contribution in [-0.4, -0.2) is 29.6 Å². The van der Waals surface area contributed by atoms with Gasteiger partial charge in [-0.15, -0.1) is 0 Å². The van der Waals surface area contributed by atoms with Crippen LogP contribution >= 0.6 is 11.6 Å². The molecule has 0 amide bonds. The first-order valence-corrected chi connectivity index (χ1v) is 5.66. The summed E-state index contributed by atoms with van der Waals surface area (Å²) in [5, 5.41) is 4.44. The molecule has 0 atom stereocenters. The Kier molecular flexibility index (Phi) is 4.07. The molecule has 1 aromatic heterocycles. The summed E-state index contributed by atoms with van der Waals surface area (Å²) in [6.07, 6.45) is 0.0778. The molecule has 2 rings (SSSR count). The van der Waals surface area contributed by atoms with E-state index in [-0.39, 0.29) is 24.7 Å². The molecule has 0 saturated carbocycles. The molecule has 0 unspecified atom stereocenters. The summed E-state index contributed by atoms with van der Waals surface area (Å²) in [4.78, 5) is 15.5. The number of hydrogen-bond acceptors (Lipinski definition) is 5. The average molecular weight is 267 g/mol. The van der Waals surface area contributed by atoms with E-state index >= 15 is 0 Å². The number of ether oxygens (including phenoxy) is 1. The van der Waals surface area contributed by atoms with Gasteiger partial charge in [0.15, 0.2) is 5.78 Å². The molecule has 2 aromatic rings. The van der Waals surface area contributed by atoms with E-state index in [2.05, 4.69) is 10.1 Å². The van der Waals surface area contributed by atoms with Crippen LogP contribution in [0.15, 0.2) is 28.8 Å². The normalized spacial score (nSPS) is 10.6. The largest absolute Gasteiger partial charge is 0.377 e. The van der Waals surface area contributed by atoms with Crippen LogP contribution in [0, 0.1) is 0 Å². The van der Waals surface area contributed by atoms with Crippen molar-refractivity contribution in [3.63, 3.8) is 0 Å². The van der Waals surface area contributed by atoms with Crippen LogP contribution in [0.3, 0.4) is 0 Å². The van der Waals surface area contributed by atoms with Crippen LogP contribution in [-0.2, 0) is 16.0 Å². The number of aromatic nitrogens is 2. The number of ketones is 1. The second-order valence-electron chi connectivity index (χ2n) is 3.67. The molecule has 0 aliphatic heterocycles. The fourth-order valence-corrected chi connectivity index (χ4v) is 1.55. The van der Waals surface area contributed by atoms with Crippen LogP contribution in [0.1, 0.15) is 5.89 Å². The van der Waals surface area contributed by atoms with Gasteiger partial charge in [-0.05, 0) is 24.3 Å². The number of Topliss-reactive ketones (excluding diaryl/α,β-unsaturated/α-hetero) is 1. The highest BCUT2D eigenvalue weighted by molar-refractivity contribution is 6.30. The van der Waals surface area contributed by atoms with Crippen molar-refractivity contribution in [2.24, 2.45) is 0 Å². The van der Waals surface area contributed by atoms with E-state index in [1.54, 1.807) is 24.3 Å². The summed E-state index contributed by atoms with van der Waals surface area (Å²) in [6.45, 7) is 0.0403. The van der Waals surface area contributed by atoms with Crippen LogP contribution in [0.4, 0.5) is 0 Å². The quantitative estimate of drug-likeness (QED) is 0.830. The zero-order chi connectivity index (χ0) is 13.0. The standard InChI is InChI=1S/C12H11ClN2O3/c1-17-7-10(16)6-11-14-12(15-18-11)8-2-4-9(13)5-3-8/h2-5H,6-7H2,1H3. The zero-order valence-electron chi connectivity index (χ0n) is 9.72. The summed E-state index contributed by atoms with van der Waals surface area (Å²) < 4.78 is 9.72. The fourth-order valence-electron chi connectivity index (χ4n) is 1.42. The van der Waals surface area contributed by atoms with Gasteiger partial charge in [-0.1, -0.05) is 16.8 Å². The van der Waals surface area contributed by atoms with Gasteiger partial charge in [-0.25, -0.2) is 0 Å². The van der Waals surface area contributed by atoms with Gasteiger partial charge in [-0.3, -0.25) is 4.79 Å². The molecular weight excluding hydrogens is 256 g/mol. The summed E-state index contributed by atoms with van der Waals surface area (Å²) in [5.74, 6) is 0.609. The highest BCUT2D eigenvalue weighted by atomic mass is 35.5. The molecule has 0 fully saturated rings. The SMILES string of the molecule is COCC(=O)Cc1nc(-c2ccc(Cl)cc2)no1. The minimum Gasteiger partial charge on any atom is -0.377 e. The van der Waals surface area contributed by atoms with Crippen molar-refractivity contribution in [2.75, 3.05) is 13.7 Å². The van der Waals surface area contributed by atoms with Crippen molar-refractivity contribution in [1.82, 2.24) is 10.1 Å². The third-order valence-electron chi connectivity index (χ3n) is 2.22. The molecule has 0 N–H and O–H groups in total.